The number of pyridine rings is 1. The highest BCUT2D eigenvalue weighted by molar-refractivity contribution is 5.81. The standard InChI is InChI=1S/C20H23N3O2/c1-14-4-6-21-19(8-14)22-11-16-5-7-23(13-16)12-15-2-3-17-10-20(24)25-18(17)9-15/h2-4,6,8-9,16H,5,7,10-13H2,1H3,(H,21,22)/t16-/m1/s1. The van der Waals surface area contributed by atoms with Gasteiger partial charge in [0.15, 0.2) is 0 Å². The number of esters is 1. The third kappa shape index (κ3) is 3.82. The van der Waals surface area contributed by atoms with Gasteiger partial charge in [0.25, 0.3) is 0 Å². The van der Waals surface area contributed by atoms with E-state index in [1.165, 1.54) is 17.5 Å². The second-order valence-electron chi connectivity index (χ2n) is 7.08. The molecular weight excluding hydrogens is 314 g/mol. The molecule has 4 rings (SSSR count). The molecule has 1 aromatic heterocycles. The zero-order valence-corrected chi connectivity index (χ0v) is 14.5. The van der Waals surface area contributed by atoms with Gasteiger partial charge in [-0.3, -0.25) is 9.69 Å². The first-order valence-corrected chi connectivity index (χ1v) is 8.87. The molecule has 3 heterocycles. The molecule has 1 saturated heterocycles. The predicted octanol–water partition coefficient (Wildman–Crippen LogP) is 2.79. The summed E-state index contributed by atoms with van der Waals surface area (Å²) in [6.07, 6.45) is 3.44. The van der Waals surface area contributed by atoms with Crippen LogP contribution in [0.5, 0.6) is 5.75 Å². The van der Waals surface area contributed by atoms with Gasteiger partial charge in [-0.05, 0) is 55.1 Å². The van der Waals surface area contributed by atoms with Crippen molar-refractivity contribution in [3.8, 4) is 5.75 Å². The van der Waals surface area contributed by atoms with E-state index in [1.54, 1.807) is 0 Å². The van der Waals surface area contributed by atoms with Crippen LogP contribution in [0.1, 0.15) is 23.1 Å². The van der Waals surface area contributed by atoms with Gasteiger partial charge in [0.1, 0.15) is 11.6 Å². The van der Waals surface area contributed by atoms with E-state index in [-0.39, 0.29) is 5.97 Å². The van der Waals surface area contributed by atoms with Gasteiger partial charge in [0.05, 0.1) is 6.42 Å². The summed E-state index contributed by atoms with van der Waals surface area (Å²) in [5.41, 5.74) is 3.44. The maximum Gasteiger partial charge on any atom is 0.315 e. The topological polar surface area (TPSA) is 54.5 Å². The summed E-state index contributed by atoms with van der Waals surface area (Å²) in [4.78, 5) is 18.2. The number of likely N-dealkylation sites (tertiary alicyclic amines) is 1. The zero-order chi connectivity index (χ0) is 17.2. The quantitative estimate of drug-likeness (QED) is 0.672. The fraction of sp³-hybridized carbons (Fsp3) is 0.400. The molecule has 1 fully saturated rings. The molecule has 2 aliphatic heterocycles. The van der Waals surface area contributed by atoms with Gasteiger partial charge >= 0.3 is 5.97 Å². The summed E-state index contributed by atoms with van der Waals surface area (Å²) in [6.45, 7) is 6.12. The van der Waals surface area contributed by atoms with Crippen molar-refractivity contribution in [2.45, 2.75) is 26.3 Å². The van der Waals surface area contributed by atoms with Gasteiger partial charge in [0, 0.05) is 31.4 Å². The zero-order valence-electron chi connectivity index (χ0n) is 14.5. The molecule has 130 valence electrons. The van der Waals surface area contributed by atoms with Crippen molar-refractivity contribution in [2.24, 2.45) is 5.92 Å². The predicted molar refractivity (Wildman–Crippen MR) is 96.6 cm³/mol. The monoisotopic (exact) mass is 337 g/mol. The first-order chi connectivity index (χ1) is 12.2. The number of nitrogens with zero attached hydrogens (tertiary/aromatic N) is 2. The van der Waals surface area contributed by atoms with Gasteiger partial charge in [-0.1, -0.05) is 12.1 Å². The van der Waals surface area contributed by atoms with Crippen LogP contribution in [-0.4, -0.2) is 35.5 Å². The molecule has 2 aliphatic rings. The Morgan fingerprint density at radius 3 is 3.12 bits per heavy atom. The van der Waals surface area contributed by atoms with Crippen LogP contribution in [0.3, 0.4) is 0 Å². The number of hydrogen-bond acceptors (Lipinski definition) is 5. The van der Waals surface area contributed by atoms with E-state index in [0.29, 0.717) is 12.3 Å². The molecule has 0 radical (unpaired) electrons. The van der Waals surface area contributed by atoms with E-state index in [1.807, 2.05) is 24.4 Å². The molecule has 25 heavy (non-hydrogen) atoms. The van der Waals surface area contributed by atoms with Crippen LogP contribution < -0.4 is 10.1 Å². The Kier molecular flexibility index (Phi) is 4.40. The Morgan fingerprint density at radius 1 is 1.32 bits per heavy atom. The van der Waals surface area contributed by atoms with Gasteiger partial charge in [-0.15, -0.1) is 0 Å². The van der Waals surface area contributed by atoms with Crippen molar-refractivity contribution in [1.29, 1.82) is 0 Å². The normalized spacial score (nSPS) is 19.7. The molecule has 0 bridgehead atoms. The number of ether oxygens (including phenoxy) is 1. The third-order valence-electron chi connectivity index (χ3n) is 4.95. The minimum absolute atomic E-state index is 0.149. The lowest BCUT2D eigenvalue weighted by Gasteiger charge is -2.17. The average Bonchev–Trinajstić information content (AvgIpc) is 3.18. The lowest BCUT2D eigenvalue weighted by Crippen LogP contribution is -2.22. The van der Waals surface area contributed by atoms with Crippen molar-refractivity contribution in [2.75, 3.05) is 25.0 Å². The first-order valence-electron chi connectivity index (χ1n) is 8.87. The van der Waals surface area contributed by atoms with E-state index >= 15 is 0 Å². The molecule has 5 heteroatoms. The molecule has 0 amide bonds. The van der Waals surface area contributed by atoms with Crippen LogP contribution in [0.2, 0.25) is 0 Å². The van der Waals surface area contributed by atoms with E-state index in [9.17, 15) is 4.79 Å². The van der Waals surface area contributed by atoms with Gasteiger partial charge in [-0.25, -0.2) is 4.98 Å². The molecule has 5 nitrogen and oxygen atoms in total. The van der Waals surface area contributed by atoms with Crippen molar-refractivity contribution in [3.05, 3.63) is 53.2 Å². The second kappa shape index (κ2) is 6.84. The minimum Gasteiger partial charge on any atom is -0.426 e. The number of nitrogens with one attached hydrogen (secondary N) is 1. The SMILES string of the molecule is Cc1ccnc(NC[C@H]2CCN(Cc3ccc4c(c3)OC(=O)C4)C2)c1. The number of carbonyl (C=O) groups is 1. The highest BCUT2D eigenvalue weighted by atomic mass is 16.5. The molecule has 2 aromatic rings. The molecule has 0 saturated carbocycles. The lowest BCUT2D eigenvalue weighted by atomic mass is 10.1. The van der Waals surface area contributed by atoms with E-state index < -0.39 is 0 Å². The van der Waals surface area contributed by atoms with Crippen LogP contribution in [0.25, 0.3) is 0 Å². The Hall–Kier alpha value is -2.40. The summed E-state index contributed by atoms with van der Waals surface area (Å²) in [7, 11) is 0. The third-order valence-corrected chi connectivity index (χ3v) is 4.95. The lowest BCUT2D eigenvalue weighted by molar-refractivity contribution is -0.131. The number of hydrogen-bond donors (Lipinski definition) is 1. The summed E-state index contributed by atoms with van der Waals surface area (Å²) in [6, 6.07) is 10.2. The van der Waals surface area contributed by atoms with E-state index in [0.717, 1.165) is 43.3 Å². The van der Waals surface area contributed by atoms with Crippen LogP contribution in [-0.2, 0) is 17.8 Å². The Balaban J connectivity index is 1.29. The summed E-state index contributed by atoms with van der Waals surface area (Å²) in [5.74, 6) is 2.18. The van der Waals surface area contributed by atoms with Gasteiger partial charge in [-0.2, -0.15) is 0 Å². The number of aryl methyl sites for hydroxylation is 1. The van der Waals surface area contributed by atoms with Crippen LogP contribution in [0.4, 0.5) is 5.82 Å². The summed E-state index contributed by atoms with van der Waals surface area (Å²) >= 11 is 0. The maximum atomic E-state index is 11.4. The number of carbonyl (C=O) groups excluding carboxylic acids is 1. The highest BCUT2D eigenvalue weighted by Gasteiger charge is 2.24. The second-order valence-corrected chi connectivity index (χ2v) is 7.08. The Labute approximate surface area is 148 Å². The van der Waals surface area contributed by atoms with Crippen LogP contribution in [0, 0.1) is 12.8 Å². The van der Waals surface area contributed by atoms with Crippen molar-refractivity contribution < 1.29 is 9.53 Å². The molecule has 0 unspecified atom stereocenters. The van der Waals surface area contributed by atoms with E-state index in [4.69, 9.17) is 4.74 Å². The number of benzene rings is 1. The summed E-state index contributed by atoms with van der Waals surface area (Å²) in [5, 5.41) is 3.46. The van der Waals surface area contributed by atoms with Crippen LogP contribution in [0.15, 0.2) is 36.5 Å². The molecule has 1 aromatic carbocycles. The van der Waals surface area contributed by atoms with Crippen LogP contribution >= 0.6 is 0 Å². The van der Waals surface area contributed by atoms with Gasteiger partial charge in [0.2, 0.25) is 0 Å². The number of fused-ring (bicyclic) bond motifs is 1. The minimum atomic E-state index is -0.149. The molecule has 0 spiro atoms. The fourth-order valence-electron chi connectivity index (χ4n) is 3.62. The molecule has 0 aliphatic carbocycles. The average molecular weight is 337 g/mol. The summed E-state index contributed by atoms with van der Waals surface area (Å²) < 4.78 is 5.26. The largest absolute Gasteiger partial charge is 0.426 e. The molecule has 1 N–H and O–H groups in total. The first kappa shape index (κ1) is 16.1. The van der Waals surface area contributed by atoms with Crippen molar-refractivity contribution in [1.82, 2.24) is 9.88 Å². The fourth-order valence-corrected chi connectivity index (χ4v) is 3.62. The van der Waals surface area contributed by atoms with E-state index in [2.05, 4.69) is 34.3 Å². The Bertz CT molecular complexity index is 790. The number of rotatable bonds is 5. The number of anilines is 1. The smallest absolute Gasteiger partial charge is 0.315 e. The molecular formula is C20H23N3O2. The highest BCUT2D eigenvalue weighted by Crippen LogP contribution is 2.28. The van der Waals surface area contributed by atoms with Crippen molar-refractivity contribution >= 4 is 11.8 Å². The van der Waals surface area contributed by atoms with Gasteiger partial charge < -0.3 is 10.1 Å². The van der Waals surface area contributed by atoms with Crippen molar-refractivity contribution in [3.63, 3.8) is 0 Å². The Morgan fingerprint density at radius 2 is 2.24 bits per heavy atom. The maximum absolute atomic E-state index is 11.4. The molecule has 1 atom stereocenters. The number of aromatic nitrogens is 1.